The van der Waals surface area contributed by atoms with Gasteiger partial charge >= 0.3 is 0 Å². The standard InChI is InChI=1S/C18H17N5O2S2/c1-11-8-16(19)21-18(20-11)27-10-17(24)23-13(15-5-3-7-26-15)9-12(22-23)14-4-2-6-25-14/h2-8,13H,9-10H2,1H3,(H2,19,20,21). The summed E-state index contributed by atoms with van der Waals surface area (Å²) in [6.45, 7) is 1.84. The molecule has 1 amide bonds. The van der Waals surface area contributed by atoms with E-state index >= 15 is 0 Å². The molecule has 0 bridgehead atoms. The van der Waals surface area contributed by atoms with Crippen molar-refractivity contribution in [2.75, 3.05) is 11.5 Å². The number of amides is 1. The van der Waals surface area contributed by atoms with Crippen molar-refractivity contribution in [2.45, 2.75) is 24.5 Å². The van der Waals surface area contributed by atoms with Gasteiger partial charge in [-0.05, 0) is 30.5 Å². The minimum Gasteiger partial charge on any atom is -0.463 e. The van der Waals surface area contributed by atoms with Crippen LogP contribution in [0.1, 0.15) is 28.8 Å². The van der Waals surface area contributed by atoms with Crippen LogP contribution in [0.3, 0.4) is 0 Å². The maximum absolute atomic E-state index is 12.9. The topological polar surface area (TPSA) is 97.6 Å². The van der Waals surface area contributed by atoms with Gasteiger partial charge in [0.2, 0.25) is 0 Å². The van der Waals surface area contributed by atoms with Crippen LogP contribution >= 0.6 is 23.1 Å². The molecule has 0 saturated heterocycles. The number of nitrogen functional groups attached to an aromatic ring is 1. The second kappa shape index (κ2) is 7.53. The van der Waals surface area contributed by atoms with Crippen LogP contribution in [-0.2, 0) is 4.79 Å². The van der Waals surface area contributed by atoms with Crippen molar-refractivity contribution >= 4 is 40.5 Å². The lowest BCUT2D eigenvalue weighted by Crippen LogP contribution is -2.28. The van der Waals surface area contributed by atoms with Gasteiger partial charge in [0.05, 0.1) is 18.1 Å². The highest BCUT2D eigenvalue weighted by Crippen LogP contribution is 2.35. The molecule has 9 heteroatoms. The van der Waals surface area contributed by atoms with Crippen molar-refractivity contribution in [3.63, 3.8) is 0 Å². The minimum absolute atomic E-state index is 0.108. The number of carbonyl (C=O) groups is 1. The normalized spacial score (nSPS) is 16.6. The number of rotatable bonds is 5. The van der Waals surface area contributed by atoms with Gasteiger partial charge in [0.15, 0.2) is 5.16 Å². The molecule has 2 N–H and O–H groups in total. The lowest BCUT2D eigenvalue weighted by atomic mass is 10.1. The Kier molecular flexibility index (Phi) is 4.95. The number of nitrogens with zero attached hydrogens (tertiary/aromatic N) is 4. The molecule has 3 aromatic rings. The molecule has 0 radical (unpaired) electrons. The van der Waals surface area contributed by atoms with E-state index in [-0.39, 0.29) is 17.7 Å². The molecule has 1 aliphatic heterocycles. The molecule has 0 fully saturated rings. The van der Waals surface area contributed by atoms with E-state index in [1.54, 1.807) is 28.7 Å². The first-order chi connectivity index (χ1) is 13.1. The Bertz CT molecular complexity index is 950. The van der Waals surface area contributed by atoms with Crippen LogP contribution in [0.4, 0.5) is 5.82 Å². The average Bonchev–Trinajstić information content (AvgIpc) is 3.39. The lowest BCUT2D eigenvalue weighted by Gasteiger charge is -2.20. The fourth-order valence-corrected chi connectivity index (χ4v) is 4.43. The van der Waals surface area contributed by atoms with E-state index in [4.69, 9.17) is 10.2 Å². The van der Waals surface area contributed by atoms with Crippen LogP contribution in [0.5, 0.6) is 0 Å². The average molecular weight is 400 g/mol. The maximum atomic E-state index is 12.9. The highest BCUT2D eigenvalue weighted by Gasteiger charge is 2.34. The molecule has 4 rings (SSSR count). The van der Waals surface area contributed by atoms with Gasteiger partial charge in [0.25, 0.3) is 5.91 Å². The summed E-state index contributed by atoms with van der Waals surface area (Å²) >= 11 is 2.87. The van der Waals surface area contributed by atoms with Crippen LogP contribution in [0.2, 0.25) is 0 Å². The van der Waals surface area contributed by atoms with E-state index in [0.717, 1.165) is 16.3 Å². The molecule has 1 atom stereocenters. The molecular formula is C18H17N5O2S2. The number of thioether (sulfide) groups is 1. The first-order valence-corrected chi connectivity index (χ1v) is 10.2. The van der Waals surface area contributed by atoms with Gasteiger partial charge in [0, 0.05) is 23.1 Å². The molecule has 0 saturated carbocycles. The molecule has 3 aromatic heterocycles. The Balaban J connectivity index is 1.53. The number of nitrogens with two attached hydrogens (primary N) is 1. The largest absolute Gasteiger partial charge is 0.463 e. The number of carbonyl (C=O) groups excluding carboxylic acids is 1. The van der Waals surface area contributed by atoms with Crippen LogP contribution in [0.15, 0.2) is 56.7 Å². The second-order valence-corrected chi connectivity index (χ2v) is 7.92. The number of thiophene rings is 1. The third-order valence-corrected chi connectivity index (χ3v) is 5.83. The van der Waals surface area contributed by atoms with Crippen molar-refractivity contribution in [2.24, 2.45) is 5.10 Å². The number of aryl methyl sites for hydroxylation is 1. The van der Waals surface area contributed by atoms with E-state index in [1.807, 2.05) is 36.6 Å². The number of hydrazone groups is 1. The molecule has 4 heterocycles. The zero-order chi connectivity index (χ0) is 18.8. The summed E-state index contributed by atoms with van der Waals surface area (Å²) in [6, 6.07) is 9.24. The fourth-order valence-electron chi connectivity index (χ4n) is 2.86. The maximum Gasteiger partial charge on any atom is 0.253 e. The van der Waals surface area contributed by atoms with Gasteiger partial charge in [-0.15, -0.1) is 11.3 Å². The highest BCUT2D eigenvalue weighted by molar-refractivity contribution is 7.99. The summed E-state index contributed by atoms with van der Waals surface area (Å²) in [5.74, 6) is 1.16. The molecule has 27 heavy (non-hydrogen) atoms. The zero-order valence-electron chi connectivity index (χ0n) is 14.5. The van der Waals surface area contributed by atoms with Crippen molar-refractivity contribution in [1.82, 2.24) is 15.0 Å². The lowest BCUT2D eigenvalue weighted by molar-refractivity contribution is -0.130. The fraction of sp³-hybridized carbons (Fsp3) is 0.222. The van der Waals surface area contributed by atoms with E-state index in [9.17, 15) is 4.79 Å². The molecule has 1 aliphatic rings. The van der Waals surface area contributed by atoms with Gasteiger partial charge in [-0.3, -0.25) is 4.79 Å². The Labute approximate surface area is 164 Å². The molecule has 0 aromatic carbocycles. The third-order valence-electron chi connectivity index (χ3n) is 4.02. The van der Waals surface area contributed by atoms with Crippen LogP contribution in [-0.4, -0.2) is 32.3 Å². The van der Waals surface area contributed by atoms with Crippen molar-refractivity contribution in [3.05, 3.63) is 58.3 Å². The number of hydrogen-bond donors (Lipinski definition) is 1. The third kappa shape index (κ3) is 3.88. The predicted molar refractivity (Wildman–Crippen MR) is 106 cm³/mol. The second-order valence-electron chi connectivity index (χ2n) is 6.00. The van der Waals surface area contributed by atoms with Gasteiger partial charge < -0.3 is 10.2 Å². The Morgan fingerprint density at radius 1 is 1.41 bits per heavy atom. The molecule has 0 aliphatic carbocycles. The Hall–Kier alpha value is -2.65. The van der Waals surface area contributed by atoms with Crippen LogP contribution < -0.4 is 5.73 Å². The molecular weight excluding hydrogens is 382 g/mol. The summed E-state index contributed by atoms with van der Waals surface area (Å²) in [6.07, 6.45) is 2.23. The van der Waals surface area contributed by atoms with Gasteiger partial charge in [-0.1, -0.05) is 17.8 Å². The number of anilines is 1. The summed E-state index contributed by atoms with van der Waals surface area (Å²) in [5, 5.41) is 8.59. The summed E-state index contributed by atoms with van der Waals surface area (Å²) < 4.78 is 5.46. The van der Waals surface area contributed by atoms with Crippen LogP contribution in [0.25, 0.3) is 0 Å². The Morgan fingerprint density at radius 2 is 2.30 bits per heavy atom. The Morgan fingerprint density at radius 3 is 3.00 bits per heavy atom. The zero-order valence-corrected chi connectivity index (χ0v) is 16.2. The van der Waals surface area contributed by atoms with Gasteiger partial charge in [-0.25, -0.2) is 15.0 Å². The van der Waals surface area contributed by atoms with Crippen molar-refractivity contribution < 1.29 is 9.21 Å². The van der Waals surface area contributed by atoms with Crippen molar-refractivity contribution in [1.29, 1.82) is 0 Å². The van der Waals surface area contributed by atoms with E-state index in [1.165, 1.54) is 11.8 Å². The van der Waals surface area contributed by atoms with Crippen LogP contribution in [0, 0.1) is 6.92 Å². The van der Waals surface area contributed by atoms with Crippen molar-refractivity contribution in [3.8, 4) is 0 Å². The summed E-state index contributed by atoms with van der Waals surface area (Å²) in [7, 11) is 0. The SMILES string of the molecule is Cc1cc(N)nc(SCC(=O)N2N=C(c3ccco3)CC2c2cccs2)n1. The molecule has 138 valence electrons. The minimum atomic E-state index is -0.123. The highest BCUT2D eigenvalue weighted by atomic mass is 32.2. The molecule has 0 spiro atoms. The smallest absolute Gasteiger partial charge is 0.253 e. The number of aromatic nitrogens is 2. The number of furan rings is 1. The first-order valence-electron chi connectivity index (χ1n) is 8.31. The summed E-state index contributed by atoms with van der Waals surface area (Å²) in [4.78, 5) is 22.5. The van der Waals surface area contributed by atoms with Gasteiger partial charge in [-0.2, -0.15) is 5.10 Å². The van der Waals surface area contributed by atoms with E-state index < -0.39 is 0 Å². The monoisotopic (exact) mass is 399 g/mol. The summed E-state index contributed by atoms with van der Waals surface area (Å²) in [5.41, 5.74) is 7.30. The quantitative estimate of drug-likeness (QED) is 0.521. The number of hydrogen-bond acceptors (Lipinski definition) is 8. The van der Waals surface area contributed by atoms with E-state index in [2.05, 4.69) is 15.1 Å². The first kappa shape index (κ1) is 17.7. The molecule has 7 nitrogen and oxygen atoms in total. The molecule has 1 unspecified atom stereocenters. The van der Waals surface area contributed by atoms with E-state index in [0.29, 0.717) is 23.2 Å². The predicted octanol–water partition coefficient (Wildman–Crippen LogP) is 3.49. The van der Waals surface area contributed by atoms with Gasteiger partial charge in [0.1, 0.15) is 17.3 Å².